The van der Waals surface area contributed by atoms with Gasteiger partial charge in [-0.1, -0.05) is 30.3 Å². The Morgan fingerprint density at radius 1 is 1.17 bits per heavy atom. The number of carbonyl (C=O) groups excluding carboxylic acids is 1. The molecule has 1 atom stereocenters. The Bertz CT molecular complexity index is 774. The van der Waals surface area contributed by atoms with Crippen molar-refractivity contribution >= 4 is 11.6 Å². The first-order valence-electron chi connectivity index (χ1n) is 8.37. The molecule has 1 saturated heterocycles. The number of likely N-dealkylation sites (tertiary alicyclic amines) is 1. The zero-order chi connectivity index (χ0) is 16.7. The summed E-state index contributed by atoms with van der Waals surface area (Å²) < 4.78 is 5.41. The first kappa shape index (κ1) is 15.2. The second kappa shape index (κ2) is 5.64. The first-order valence-corrected chi connectivity index (χ1v) is 8.37. The Morgan fingerprint density at radius 3 is 2.62 bits per heavy atom. The highest BCUT2D eigenvalue weighted by Gasteiger charge is 2.53. The van der Waals surface area contributed by atoms with Crippen LogP contribution in [-0.2, 0) is 16.8 Å². The first-order chi connectivity index (χ1) is 11.6. The van der Waals surface area contributed by atoms with Gasteiger partial charge in [0, 0.05) is 12.2 Å². The third kappa shape index (κ3) is 2.21. The molecular formula is C20H22N2O2. The van der Waals surface area contributed by atoms with Crippen molar-refractivity contribution in [1.29, 1.82) is 0 Å². The molecule has 24 heavy (non-hydrogen) atoms. The maximum atomic E-state index is 13.4. The number of nitrogens with zero attached hydrogens (tertiary/aromatic N) is 2. The number of hydrogen-bond acceptors (Lipinski definition) is 3. The smallest absolute Gasteiger partial charge is 0.239 e. The minimum absolute atomic E-state index is 0.221. The number of hydrogen-bond donors (Lipinski definition) is 0. The fourth-order valence-corrected chi connectivity index (χ4v) is 4.06. The van der Waals surface area contributed by atoms with Crippen LogP contribution in [0.3, 0.4) is 0 Å². The summed E-state index contributed by atoms with van der Waals surface area (Å²) in [6.45, 7) is 2.34. The predicted molar refractivity (Wildman–Crippen MR) is 94.4 cm³/mol. The van der Waals surface area contributed by atoms with Crippen LogP contribution in [0.25, 0.3) is 0 Å². The Hall–Kier alpha value is -2.33. The molecule has 2 aliphatic heterocycles. The Kier molecular flexibility index (Phi) is 3.57. The van der Waals surface area contributed by atoms with Crippen molar-refractivity contribution in [3.05, 3.63) is 59.7 Å². The van der Waals surface area contributed by atoms with E-state index in [0.717, 1.165) is 42.1 Å². The predicted octanol–water partition coefficient (Wildman–Crippen LogP) is 2.82. The monoisotopic (exact) mass is 322 g/mol. The molecule has 0 bridgehead atoms. The Labute approximate surface area is 142 Å². The molecule has 0 aliphatic carbocycles. The highest BCUT2D eigenvalue weighted by Crippen LogP contribution is 2.48. The van der Waals surface area contributed by atoms with E-state index in [1.165, 1.54) is 0 Å². The van der Waals surface area contributed by atoms with Gasteiger partial charge in [-0.05, 0) is 49.3 Å². The number of methoxy groups -OCH3 is 1. The molecule has 1 fully saturated rings. The minimum atomic E-state index is -0.423. The van der Waals surface area contributed by atoms with E-state index in [2.05, 4.69) is 30.1 Å². The SMILES string of the molecule is COc1ccc2c(c1)C1(CCN(C)C1)C(=O)N2Cc1ccccc1. The van der Waals surface area contributed by atoms with Crippen LogP contribution < -0.4 is 9.64 Å². The number of rotatable bonds is 3. The van der Waals surface area contributed by atoms with Gasteiger partial charge in [0.1, 0.15) is 5.75 Å². The summed E-state index contributed by atoms with van der Waals surface area (Å²) in [4.78, 5) is 17.6. The fourth-order valence-electron chi connectivity index (χ4n) is 4.06. The van der Waals surface area contributed by atoms with Crippen LogP contribution in [-0.4, -0.2) is 38.1 Å². The lowest BCUT2D eigenvalue weighted by Gasteiger charge is -2.24. The highest BCUT2D eigenvalue weighted by atomic mass is 16.5. The van der Waals surface area contributed by atoms with Crippen LogP contribution in [0.15, 0.2) is 48.5 Å². The zero-order valence-electron chi connectivity index (χ0n) is 14.2. The summed E-state index contributed by atoms with van der Waals surface area (Å²) in [5.74, 6) is 1.04. The molecular weight excluding hydrogens is 300 g/mol. The van der Waals surface area contributed by atoms with Crippen LogP contribution in [0.5, 0.6) is 5.75 Å². The van der Waals surface area contributed by atoms with Gasteiger partial charge in [0.05, 0.1) is 19.1 Å². The van der Waals surface area contributed by atoms with Gasteiger partial charge in [-0.3, -0.25) is 4.79 Å². The molecule has 1 unspecified atom stereocenters. The zero-order valence-corrected chi connectivity index (χ0v) is 14.2. The molecule has 0 N–H and O–H groups in total. The van der Waals surface area contributed by atoms with Crippen molar-refractivity contribution in [2.45, 2.75) is 18.4 Å². The standard InChI is InChI=1S/C20H22N2O2/c1-21-11-10-20(14-21)17-12-16(24-2)8-9-18(17)22(19(20)23)13-15-6-4-3-5-7-15/h3-9,12H,10-11,13-14H2,1-2H3. The van der Waals surface area contributed by atoms with Gasteiger partial charge in [-0.2, -0.15) is 0 Å². The molecule has 1 amide bonds. The van der Waals surface area contributed by atoms with Crippen molar-refractivity contribution in [2.24, 2.45) is 0 Å². The lowest BCUT2D eigenvalue weighted by Crippen LogP contribution is -2.41. The van der Waals surface area contributed by atoms with Gasteiger partial charge in [-0.25, -0.2) is 0 Å². The van der Waals surface area contributed by atoms with E-state index in [9.17, 15) is 4.79 Å². The Balaban J connectivity index is 1.79. The summed E-state index contributed by atoms with van der Waals surface area (Å²) in [5, 5.41) is 0. The van der Waals surface area contributed by atoms with E-state index in [1.54, 1.807) is 7.11 Å². The van der Waals surface area contributed by atoms with E-state index in [-0.39, 0.29) is 5.91 Å². The molecule has 4 heteroatoms. The summed E-state index contributed by atoms with van der Waals surface area (Å²) in [6.07, 6.45) is 0.869. The number of benzene rings is 2. The molecule has 2 heterocycles. The molecule has 0 radical (unpaired) electrons. The summed E-state index contributed by atoms with van der Waals surface area (Å²) in [6, 6.07) is 16.2. The fraction of sp³-hybridized carbons (Fsp3) is 0.350. The maximum Gasteiger partial charge on any atom is 0.239 e. The third-order valence-electron chi connectivity index (χ3n) is 5.31. The van der Waals surface area contributed by atoms with Crippen LogP contribution >= 0.6 is 0 Å². The number of likely N-dealkylation sites (N-methyl/N-ethyl adjacent to an activating group) is 1. The molecule has 0 saturated carbocycles. The normalized spacial score (nSPS) is 23.1. The molecule has 0 aromatic heterocycles. The number of ether oxygens (including phenoxy) is 1. The van der Waals surface area contributed by atoms with E-state index in [4.69, 9.17) is 4.74 Å². The number of anilines is 1. The van der Waals surface area contributed by atoms with Gasteiger partial charge in [0.2, 0.25) is 5.91 Å². The van der Waals surface area contributed by atoms with Crippen LogP contribution in [0.4, 0.5) is 5.69 Å². The van der Waals surface area contributed by atoms with E-state index in [0.29, 0.717) is 6.54 Å². The molecule has 2 aromatic carbocycles. The molecule has 2 aliphatic rings. The van der Waals surface area contributed by atoms with Crippen molar-refractivity contribution in [3.8, 4) is 5.75 Å². The maximum absolute atomic E-state index is 13.4. The average Bonchev–Trinajstić information content (AvgIpc) is 3.11. The summed E-state index contributed by atoms with van der Waals surface area (Å²) in [7, 11) is 3.76. The van der Waals surface area contributed by atoms with Gasteiger partial charge >= 0.3 is 0 Å². The van der Waals surface area contributed by atoms with Gasteiger partial charge in [-0.15, -0.1) is 0 Å². The number of fused-ring (bicyclic) bond motifs is 2. The molecule has 4 rings (SSSR count). The van der Waals surface area contributed by atoms with Crippen molar-refractivity contribution in [3.63, 3.8) is 0 Å². The third-order valence-corrected chi connectivity index (χ3v) is 5.31. The molecule has 2 aromatic rings. The lowest BCUT2D eigenvalue weighted by atomic mass is 9.81. The van der Waals surface area contributed by atoms with Crippen LogP contribution in [0, 0.1) is 0 Å². The second-order valence-electron chi connectivity index (χ2n) is 6.83. The largest absolute Gasteiger partial charge is 0.497 e. The number of carbonyl (C=O) groups is 1. The summed E-state index contributed by atoms with van der Waals surface area (Å²) in [5.41, 5.74) is 2.87. The average molecular weight is 322 g/mol. The van der Waals surface area contributed by atoms with E-state index < -0.39 is 5.41 Å². The van der Waals surface area contributed by atoms with Gasteiger partial charge in [0.25, 0.3) is 0 Å². The van der Waals surface area contributed by atoms with Crippen molar-refractivity contribution < 1.29 is 9.53 Å². The number of amides is 1. The van der Waals surface area contributed by atoms with Crippen molar-refractivity contribution in [2.75, 3.05) is 32.1 Å². The molecule has 1 spiro atoms. The molecule has 4 nitrogen and oxygen atoms in total. The van der Waals surface area contributed by atoms with E-state index in [1.807, 2.05) is 35.2 Å². The lowest BCUT2D eigenvalue weighted by molar-refractivity contribution is -0.122. The van der Waals surface area contributed by atoms with Crippen LogP contribution in [0.1, 0.15) is 17.5 Å². The van der Waals surface area contributed by atoms with Crippen molar-refractivity contribution in [1.82, 2.24) is 4.90 Å². The topological polar surface area (TPSA) is 32.8 Å². The van der Waals surface area contributed by atoms with Gasteiger partial charge < -0.3 is 14.5 Å². The summed E-state index contributed by atoms with van der Waals surface area (Å²) >= 11 is 0. The molecule has 124 valence electrons. The Morgan fingerprint density at radius 2 is 1.96 bits per heavy atom. The minimum Gasteiger partial charge on any atom is -0.497 e. The van der Waals surface area contributed by atoms with Gasteiger partial charge in [0.15, 0.2) is 0 Å². The second-order valence-corrected chi connectivity index (χ2v) is 6.83. The van der Waals surface area contributed by atoms with Crippen LogP contribution in [0.2, 0.25) is 0 Å². The quantitative estimate of drug-likeness (QED) is 0.871. The highest BCUT2D eigenvalue weighted by molar-refractivity contribution is 6.08. The van der Waals surface area contributed by atoms with E-state index >= 15 is 0 Å².